The third-order valence-corrected chi connectivity index (χ3v) is 5.54. The minimum Gasteiger partial charge on any atom is -0.343 e. The quantitative estimate of drug-likeness (QED) is 0.793. The molecule has 0 radical (unpaired) electrons. The van der Waals surface area contributed by atoms with Gasteiger partial charge in [0, 0.05) is 30.5 Å². The van der Waals surface area contributed by atoms with Crippen molar-refractivity contribution in [1.82, 2.24) is 9.62 Å². The Morgan fingerprint density at radius 1 is 1.29 bits per heavy atom. The first-order chi connectivity index (χ1) is 9.81. The third kappa shape index (κ3) is 5.09. The summed E-state index contributed by atoms with van der Waals surface area (Å²) < 4.78 is 27.6. The van der Waals surface area contributed by atoms with Gasteiger partial charge in [0.05, 0.1) is 4.90 Å². The minimum atomic E-state index is -3.58. The van der Waals surface area contributed by atoms with Gasteiger partial charge in [-0.2, -0.15) is 0 Å². The molecule has 7 heteroatoms. The number of nitrogens with zero attached hydrogens (tertiary/aromatic N) is 1. The molecule has 0 saturated heterocycles. The number of amides is 1. The number of rotatable bonds is 7. The molecule has 1 aromatic rings. The summed E-state index contributed by atoms with van der Waals surface area (Å²) in [7, 11) is -3.58. The molecule has 0 bridgehead atoms. The molecule has 0 aliphatic rings. The van der Waals surface area contributed by atoms with Crippen LogP contribution in [0.2, 0.25) is 0 Å². The van der Waals surface area contributed by atoms with Crippen molar-refractivity contribution in [3.8, 4) is 0 Å². The van der Waals surface area contributed by atoms with E-state index >= 15 is 0 Å². The first-order valence-corrected chi connectivity index (χ1v) is 9.13. The van der Waals surface area contributed by atoms with E-state index < -0.39 is 10.0 Å². The molecule has 0 aliphatic heterocycles. The van der Waals surface area contributed by atoms with Crippen molar-refractivity contribution >= 4 is 31.9 Å². The molecule has 0 unspecified atom stereocenters. The fourth-order valence-corrected chi connectivity index (χ4v) is 3.26. The van der Waals surface area contributed by atoms with Crippen LogP contribution in [0.1, 0.15) is 25.8 Å². The van der Waals surface area contributed by atoms with Crippen LogP contribution in [0.3, 0.4) is 0 Å². The van der Waals surface area contributed by atoms with Crippen LogP contribution in [0.5, 0.6) is 0 Å². The highest BCUT2D eigenvalue weighted by Crippen LogP contribution is 2.19. The van der Waals surface area contributed by atoms with Crippen LogP contribution in [-0.4, -0.2) is 38.9 Å². The lowest BCUT2D eigenvalue weighted by molar-refractivity contribution is -0.130. The lowest BCUT2D eigenvalue weighted by Gasteiger charge is -2.18. The molecule has 0 saturated carbocycles. The summed E-state index contributed by atoms with van der Waals surface area (Å²) in [4.78, 5) is 13.7. The smallest absolute Gasteiger partial charge is 0.240 e. The third-order valence-electron chi connectivity index (χ3n) is 3.19. The van der Waals surface area contributed by atoms with Crippen LogP contribution in [0.4, 0.5) is 0 Å². The second-order valence-corrected chi connectivity index (χ2v) is 7.25. The van der Waals surface area contributed by atoms with Crippen LogP contribution in [0, 0.1) is 6.92 Å². The minimum absolute atomic E-state index is 0.0466. The number of sulfonamides is 1. The molecular formula is C14H21BrN2O3S. The molecule has 0 spiro atoms. The highest BCUT2D eigenvalue weighted by Gasteiger charge is 2.16. The average molecular weight is 377 g/mol. The Labute approximate surface area is 134 Å². The van der Waals surface area contributed by atoms with Crippen LogP contribution >= 0.6 is 15.9 Å². The Morgan fingerprint density at radius 3 is 2.43 bits per heavy atom. The topological polar surface area (TPSA) is 66.5 Å². The predicted molar refractivity (Wildman–Crippen MR) is 86.6 cm³/mol. The molecule has 5 nitrogen and oxygen atoms in total. The zero-order valence-corrected chi connectivity index (χ0v) is 14.9. The maximum atomic E-state index is 12.1. The molecular weight excluding hydrogens is 356 g/mol. The Kier molecular flexibility index (Phi) is 6.83. The lowest BCUT2D eigenvalue weighted by Crippen LogP contribution is -2.34. The standard InChI is InChI=1S/C14H21BrN2O3S/c1-4-17(5-2)14(18)8-9-16-21(19,20)12-6-7-13(15)11(3)10-12/h6-7,10,16H,4-5,8-9H2,1-3H3. The van der Waals surface area contributed by atoms with Gasteiger partial charge < -0.3 is 4.90 Å². The number of benzene rings is 1. The Bertz CT molecular complexity index is 598. The van der Waals surface area contributed by atoms with Gasteiger partial charge in [-0.3, -0.25) is 4.79 Å². The van der Waals surface area contributed by atoms with E-state index in [0.717, 1.165) is 10.0 Å². The van der Waals surface area contributed by atoms with Crippen LogP contribution in [-0.2, 0) is 14.8 Å². The summed E-state index contributed by atoms with van der Waals surface area (Å²) in [5.41, 5.74) is 0.845. The van der Waals surface area contributed by atoms with E-state index in [2.05, 4.69) is 20.7 Å². The molecule has 1 aromatic carbocycles. The van der Waals surface area contributed by atoms with E-state index in [4.69, 9.17) is 0 Å². The van der Waals surface area contributed by atoms with Crippen molar-refractivity contribution in [2.75, 3.05) is 19.6 Å². The second kappa shape index (κ2) is 7.91. The van der Waals surface area contributed by atoms with E-state index in [1.54, 1.807) is 17.0 Å². The Hall–Kier alpha value is -0.920. The summed E-state index contributed by atoms with van der Waals surface area (Å²) in [6, 6.07) is 4.83. The van der Waals surface area contributed by atoms with Gasteiger partial charge in [-0.05, 0) is 44.5 Å². The van der Waals surface area contributed by atoms with E-state index in [-0.39, 0.29) is 23.8 Å². The number of carbonyl (C=O) groups is 1. The van der Waals surface area contributed by atoms with Crippen molar-refractivity contribution in [2.24, 2.45) is 0 Å². The summed E-state index contributed by atoms with van der Waals surface area (Å²) in [5.74, 6) is -0.0466. The molecule has 0 aromatic heterocycles. The number of carbonyl (C=O) groups excluding carboxylic acids is 1. The van der Waals surface area contributed by atoms with E-state index in [1.807, 2.05) is 20.8 Å². The van der Waals surface area contributed by atoms with Crippen molar-refractivity contribution in [3.63, 3.8) is 0 Å². The summed E-state index contributed by atoms with van der Waals surface area (Å²) >= 11 is 3.33. The number of nitrogens with one attached hydrogen (secondary N) is 1. The number of hydrogen-bond donors (Lipinski definition) is 1. The molecule has 1 rings (SSSR count). The molecule has 0 fully saturated rings. The SMILES string of the molecule is CCN(CC)C(=O)CCNS(=O)(=O)c1ccc(Br)c(C)c1. The van der Waals surface area contributed by atoms with Gasteiger partial charge in [-0.1, -0.05) is 15.9 Å². The number of halogens is 1. The second-order valence-electron chi connectivity index (χ2n) is 4.62. The molecule has 1 N–H and O–H groups in total. The van der Waals surface area contributed by atoms with Crippen molar-refractivity contribution in [3.05, 3.63) is 28.2 Å². The normalized spacial score (nSPS) is 11.4. The Balaban J connectivity index is 2.65. The van der Waals surface area contributed by atoms with Crippen LogP contribution < -0.4 is 4.72 Å². The number of aryl methyl sites for hydroxylation is 1. The van der Waals surface area contributed by atoms with Crippen molar-refractivity contribution in [2.45, 2.75) is 32.1 Å². The zero-order valence-electron chi connectivity index (χ0n) is 12.5. The maximum absolute atomic E-state index is 12.1. The molecule has 0 aliphatic carbocycles. The highest BCUT2D eigenvalue weighted by molar-refractivity contribution is 9.10. The van der Waals surface area contributed by atoms with E-state index in [9.17, 15) is 13.2 Å². The van der Waals surface area contributed by atoms with Gasteiger partial charge in [0.15, 0.2) is 0 Å². The van der Waals surface area contributed by atoms with Gasteiger partial charge in [-0.15, -0.1) is 0 Å². The molecule has 21 heavy (non-hydrogen) atoms. The predicted octanol–water partition coefficient (Wildman–Crippen LogP) is 2.29. The first kappa shape index (κ1) is 18.1. The maximum Gasteiger partial charge on any atom is 0.240 e. The van der Waals surface area contributed by atoms with E-state index in [1.165, 1.54) is 6.07 Å². The van der Waals surface area contributed by atoms with Gasteiger partial charge >= 0.3 is 0 Å². The van der Waals surface area contributed by atoms with Gasteiger partial charge in [0.25, 0.3) is 0 Å². The fraction of sp³-hybridized carbons (Fsp3) is 0.500. The van der Waals surface area contributed by atoms with Gasteiger partial charge in [-0.25, -0.2) is 13.1 Å². The zero-order chi connectivity index (χ0) is 16.0. The highest BCUT2D eigenvalue weighted by atomic mass is 79.9. The first-order valence-electron chi connectivity index (χ1n) is 6.85. The monoisotopic (exact) mass is 376 g/mol. The van der Waals surface area contributed by atoms with E-state index in [0.29, 0.717) is 13.1 Å². The summed E-state index contributed by atoms with van der Waals surface area (Å²) in [5, 5.41) is 0. The van der Waals surface area contributed by atoms with Crippen molar-refractivity contribution < 1.29 is 13.2 Å². The Morgan fingerprint density at radius 2 is 1.90 bits per heavy atom. The van der Waals surface area contributed by atoms with Gasteiger partial charge in [0.2, 0.25) is 15.9 Å². The molecule has 0 atom stereocenters. The van der Waals surface area contributed by atoms with Crippen LogP contribution in [0.15, 0.2) is 27.6 Å². The largest absolute Gasteiger partial charge is 0.343 e. The average Bonchev–Trinajstić information content (AvgIpc) is 2.43. The number of hydrogen-bond acceptors (Lipinski definition) is 3. The fourth-order valence-electron chi connectivity index (χ4n) is 1.89. The molecule has 118 valence electrons. The molecule has 1 amide bonds. The van der Waals surface area contributed by atoms with Gasteiger partial charge in [0.1, 0.15) is 0 Å². The lowest BCUT2D eigenvalue weighted by atomic mass is 10.2. The summed E-state index contributed by atoms with van der Waals surface area (Å²) in [6.07, 6.45) is 0.163. The van der Waals surface area contributed by atoms with Crippen LogP contribution in [0.25, 0.3) is 0 Å². The summed E-state index contributed by atoms with van der Waals surface area (Å²) in [6.45, 7) is 6.99. The molecule has 0 heterocycles. The van der Waals surface area contributed by atoms with Crippen molar-refractivity contribution in [1.29, 1.82) is 0 Å².